The van der Waals surface area contributed by atoms with E-state index in [-0.39, 0.29) is 30.1 Å². The first-order valence-corrected chi connectivity index (χ1v) is 9.65. The van der Waals surface area contributed by atoms with Crippen molar-refractivity contribution in [2.24, 2.45) is 4.99 Å². The second kappa shape index (κ2) is 10.6. The lowest BCUT2D eigenvalue weighted by Gasteiger charge is -2.33. The summed E-state index contributed by atoms with van der Waals surface area (Å²) in [7, 11) is 1.82. The van der Waals surface area contributed by atoms with E-state index in [9.17, 15) is 0 Å². The second-order valence-electron chi connectivity index (χ2n) is 7.02. The van der Waals surface area contributed by atoms with E-state index in [4.69, 9.17) is 16.3 Å². The highest BCUT2D eigenvalue weighted by atomic mass is 127. The molecule has 1 aliphatic carbocycles. The van der Waals surface area contributed by atoms with Gasteiger partial charge in [-0.25, -0.2) is 0 Å². The van der Waals surface area contributed by atoms with E-state index < -0.39 is 0 Å². The van der Waals surface area contributed by atoms with E-state index in [0.29, 0.717) is 12.6 Å². The molecule has 1 aromatic carbocycles. The van der Waals surface area contributed by atoms with Gasteiger partial charge in [0.15, 0.2) is 5.96 Å². The number of benzene rings is 1. The Morgan fingerprint density at radius 1 is 1.23 bits per heavy atom. The van der Waals surface area contributed by atoms with Crippen LogP contribution in [0.25, 0.3) is 0 Å². The van der Waals surface area contributed by atoms with Gasteiger partial charge in [0.05, 0.1) is 6.54 Å². The number of hydrogen-bond acceptors (Lipinski definition) is 3. The molecule has 1 saturated carbocycles. The first-order chi connectivity index (χ1) is 12.1. The summed E-state index contributed by atoms with van der Waals surface area (Å²) in [5.41, 5.74) is 0. The van der Waals surface area contributed by atoms with Crippen LogP contribution >= 0.6 is 35.6 Å². The molecule has 0 amide bonds. The highest BCUT2D eigenvalue weighted by Gasteiger charge is 2.31. The summed E-state index contributed by atoms with van der Waals surface area (Å²) < 4.78 is 5.89. The third-order valence-electron chi connectivity index (χ3n) is 4.87. The topological polar surface area (TPSA) is 48.9 Å². The lowest BCUT2D eigenvalue weighted by atomic mass is 10.1. The Kier molecular flexibility index (Phi) is 8.76. The molecule has 0 bridgehead atoms. The Bertz CT molecular complexity index is 571. The van der Waals surface area contributed by atoms with E-state index in [1.165, 1.54) is 38.8 Å². The van der Waals surface area contributed by atoms with Crippen LogP contribution in [-0.4, -0.2) is 55.7 Å². The average Bonchev–Trinajstić information content (AvgIpc) is 3.46. The van der Waals surface area contributed by atoms with Gasteiger partial charge in [-0.05, 0) is 56.9 Å². The zero-order chi connectivity index (χ0) is 17.6. The normalized spacial score (nSPS) is 20.2. The van der Waals surface area contributed by atoms with Crippen molar-refractivity contribution < 1.29 is 4.74 Å². The molecule has 1 aliphatic heterocycles. The maximum atomic E-state index is 5.90. The minimum absolute atomic E-state index is 0. The number of halogens is 2. The highest BCUT2D eigenvalue weighted by Crippen LogP contribution is 2.29. The second-order valence-corrected chi connectivity index (χ2v) is 7.46. The van der Waals surface area contributed by atoms with Gasteiger partial charge in [-0.1, -0.05) is 11.6 Å². The molecule has 2 aliphatic rings. The fraction of sp³-hybridized carbons (Fsp3) is 0.632. The van der Waals surface area contributed by atoms with Crippen LogP contribution in [0.3, 0.4) is 0 Å². The van der Waals surface area contributed by atoms with Crippen molar-refractivity contribution in [1.82, 2.24) is 15.5 Å². The molecule has 1 aromatic rings. The van der Waals surface area contributed by atoms with Crippen LogP contribution < -0.4 is 15.4 Å². The number of ether oxygens (including phenoxy) is 1. The molecule has 0 aromatic heterocycles. The number of rotatable bonds is 6. The summed E-state index contributed by atoms with van der Waals surface area (Å²) in [6.45, 7) is 5.15. The van der Waals surface area contributed by atoms with Crippen molar-refractivity contribution in [3.05, 3.63) is 29.3 Å². The van der Waals surface area contributed by atoms with E-state index in [0.717, 1.165) is 22.8 Å². The molecule has 1 heterocycles. The van der Waals surface area contributed by atoms with Gasteiger partial charge in [-0.2, -0.15) is 0 Å². The largest absolute Gasteiger partial charge is 0.489 e. The molecule has 1 unspecified atom stereocenters. The molecule has 26 heavy (non-hydrogen) atoms. The van der Waals surface area contributed by atoms with Crippen molar-refractivity contribution in [3.63, 3.8) is 0 Å². The van der Waals surface area contributed by atoms with Gasteiger partial charge in [0.1, 0.15) is 11.9 Å². The molecule has 5 nitrogen and oxygen atoms in total. The molecule has 1 saturated heterocycles. The monoisotopic (exact) mass is 492 g/mol. The van der Waals surface area contributed by atoms with Crippen LogP contribution in [0.5, 0.6) is 5.75 Å². The Labute approximate surface area is 178 Å². The standard InChI is InChI=1S/C19H29ClN4O.HI/c1-14(25-18-7-3-15(20)4-8-18)13-22-19(21-2)23-16-9-11-24(12-10-16)17-5-6-17;/h3-4,7-8,14,16-17H,5-6,9-13H2,1-2H3,(H2,21,22,23);1H. The number of hydrogen-bond donors (Lipinski definition) is 2. The van der Waals surface area contributed by atoms with Gasteiger partial charge in [0.25, 0.3) is 0 Å². The fourth-order valence-corrected chi connectivity index (χ4v) is 3.39. The van der Waals surface area contributed by atoms with Crippen LogP contribution in [-0.2, 0) is 0 Å². The summed E-state index contributed by atoms with van der Waals surface area (Å²) in [5, 5.41) is 7.64. The van der Waals surface area contributed by atoms with Crippen molar-refractivity contribution >= 4 is 41.5 Å². The van der Waals surface area contributed by atoms with Gasteiger partial charge in [0.2, 0.25) is 0 Å². The molecule has 2 fully saturated rings. The SMILES string of the molecule is CN=C(NCC(C)Oc1ccc(Cl)cc1)NC1CCN(C2CC2)CC1.I. The molecule has 0 spiro atoms. The summed E-state index contributed by atoms with van der Waals surface area (Å²) in [4.78, 5) is 6.98. The van der Waals surface area contributed by atoms with E-state index in [1.807, 2.05) is 38.2 Å². The third-order valence-corrected chi connectivity index (χ3v) is 5.12. The first-order valence-electron chi connectivity index (χ1n) is 9.27. The number of guanidine groups is 1. The molecule has 146 valence electrons. The van der Waals surface area contributed by atoms with Gasteiger partial charge in [0, 0.05) is 37.2 Å². The van der Waals surface area contributed by atoms with Gasteiger partial charge < -0.3 is 20.3 Å². The summed E-state index contributed by atoms with van der Waals surface area (Å²) in [6.07, 6.45) is 5.21. The zero-order valence-corrected chi connectivity index (χ0v) is 18.7. The smallest absolute Gasteiger partial charge is 0.191 e. The zero-order valence-electron chi connectivity index (χ0n) is 15.6. The fourth-order valence-electron chi connectivity index (χ4n) is 3.26. The van der Waals surface area contributed by atoms with Crippen LogP contribution in [0, 0.1) is 0 Å². The summed E-state index contributed by atoms with van der Waals surface area (Å²) in [5.74, 6) is 1.69. The Hall–Kier alpha value is -0.730. The third kappa shape index (κ3) is 6.78. The van der Waals surface area contributed by atoms with Crippen LogP contribution in [0.4, 0.5) is 0 Å². The number of aliphatic imine (C=N–C) groups is 1. The molecular formula is C19H30ClIN4O. The van der Waals surface area contributed by atoms with Gasteiger partial charge >= 0.3 is 0 Å². The van der Waals surface area contributed by atoms with Crippen molar-refractivity contribution in [1.29, 1.82) is 0 Å². The van der Waals surface area contributed by atoms with Crippen LogP contribution in [0.15, 0.2) is 29.3 Å². The van der Waals surface area contributed by atoms with Crippen LogP contribution in [0.2, 0.25) is 5.02 Å². The maximum absolute atomic E-state index is 5.90. The molecular weight excluding hydrogens is 463 g/mol. The van der Waals surface area contributed by atoms with Crippen molar-refractivity contribution in [3.8, 4) is 5.75 Å². The Morgan fingerprint density at radius 3 is 2.46 bits per heavy atom. The Morgan fingerprint density at radius 2 is 1.88 bits per heavy atom. The number of likely N-dealkylation sites (tertiary alicyclic amines) is 1. The number of nitrogens with zero attached hydrogens (tertiary/aromatic N) is 2. The maximum Gasteiger partial charge on any atom is 0.191 e. The van der Waals surface area contributed by atoms with Gasteiger partial charge in [-0.3, -0.25) is 4.99 Å². The quantitative estimate of drug-likeness (QED) is 0.362. The molecule has 7 heteroatoms. The van der Waals surface area contributed by atoms with Crippen molar-refractivity contribution in [2.45, 2.75) is 50.8 Å². The summed E-state index contributed by atoms with van der Waals surface area (Å²) in [6, 6.07) is 8.84. The average molecular weight is 493 g/mol. The minimum Gasteiger partial charge on any atom is -0.489 e. The first kappa shape index (κ1) is 21.6. The Balaban J connectivity index is 0.00000243. The van der Waals surface area contributed by atoms with Crippen molar-refractivity contribution in [2.75, 3.05) is 26.7 Å². The predicted octanol–water partition coefficient (Wildman–Crippen LogP) is 3.52. The number of nitrogens with one attached hydrogen (secondary N) is 2. The lowest BCUT2D eigenvalue weighted by Crippen LogP contribution is -2.50. The van der Waals surface area contributed by atoms with E-state index in [1.54, 1.807) is 0 Å². The van der Waals surface area contributed by atoms with E-state index in [2.05, 4.69) is 20.5 Å². The molecule has 0 radical (unpaired) electrons. The van der Waals surface area contributed by atoms with Crippen LogP contribution in [0.1, 0.15) is 32.6 Å². The highest BCUT2D eigenvalue weighted by molar-refractivity contribution is 14.0. The molecule has 3 rings (SSSR count). The minimum atomic E-state index is 0. The molecule has 2 N–H and O–H groups in total. The summed E-state index contributed by atoms with van der Waals surface area (Å²) >= 11 is 5.90. The number of piperidine rings is 1. The van der Waals surface area contributed by atoms with Gasteiger partial charge in [-0.15, -0.1) is 24.0 Å². The predicted molar refractivity (Wildman–Crippen MR) is 119 cm³/mol. The molecule has 1 atom stereocenters. The lowest BCUT2D eigenvalue weighted by molar-refractivity contribution is 0.196. The van der Waals surface area contributed by atoms with E-state index >= 15 is 0 Å².